The summed E-state index contributed by atoms with van der Waals surface area (Å²) in [6, 6.07) is 11.0. The van der Waals surface area contributed by atoms with Gasteiger partial charge in [-0.15, -0.1) is 0 Å². The van der Waals surface area contributed by atoms with Crippen molar-refractivity contribution < 1.29 is 4.79 Å². The van der Waals surface area contributed by atoms with Crippen LogP contribution < -0.4 is 16.4 Å². The lowest BCUT2D eigenvalue weighted by molar-refractivity contribution is -0.116. The van der Waals surface area contributed by atoms with Crippen LogP contribution in [-0.2, 0) is 11.2 Å². The van der Waals surface area contributed by atoms with E-state index in [2.05, 4.69) is 15.9 Å². The van der Waals surface area contributed by atoms with Crippen LogP contribution in [0, 0.1) is 0 Å². The Hall–Kier alpha value is -2.01. The van der Waals surface area contributed by atoms with Crippen molar-refractivity contribution >= 4 is 44.6 Å². The number of carbonyl (C=O) groups excluding carboxylic acids is 1. The average molecular weight is 318 g/mol. The van der Waals surface area contributed by atoms with Crippen molar-refractivity contribution in [3.8, 4) is 0 Å². The Morgan fingerprint density at radius 3 is 2.53 bits per heavy atom. The molecule has 0 atom stereocenters. The first-order valence-electron chi connectivity index (χ1n) is 5.82. The van der Waals surface area contributed by atoms with Crippen molar-refractivity contribution in [2.45, 2.75) is 6.42 Å². The highest BCUT2D eigenvalue weighted by Gasteiger charge is 2.29. The van der Waals surface area contributed by atoms with E-state index in [-0.39, 0.29) is 5.91 Å². The van der Waals surface area contributed by atoms with E-state index >= 15 is 0 Å². The van der Waals surface area contributed by atoms with E-state index in [1.807, 2.05) is 24.3 Å². The van der Waals surface area contributed by atoms with E-state index in [1.165, 1.54) is 0 Å². The van der Waals surface area contributed by atoms with E-state index in [0.717, 1.165) is 15.7 Å². The second kappa shape index (κ2) is 4.28. The van der Waals surface area contributed by atoms with Crippen molar-refractivity contribution in [1.29, 1.82) is 0 Å². The van der Waals surface area contributed by atoms with Gasteiger partial charge in [0.15, 0.2) is 0 Å². The molecule has 0 radical (unpaired) electrons. The fourth-order valence-electron chi connectivity index (χ4n) is 2.33. The summed E-state index contributed by atoms with van der Waals surface area (Å²) >= 11 is 3.36. The number of amides is 1. The van der Waals surface area contributed by atoms with Crippen LogP contribution in [0.1, 0.15) is 5.56 Å². The highest BCUT2D eigenvalue weighted by atomic mass is 79.9. The van der Waals surface area contributed by atoms with Gasteiger partial charge in [-0.2, -0.15) is 0 Å². The molecule has 3 rings (SSSR count). The number of halogens is 1. The third kappa shape index (κ3) is 1.96. The predicted molar refractivity (Wildman–Crippen MR) is 80.3 cm³/mol. The number of fused-ring (bicyclic) bond motifs is 1. The first kappa shape index (κ1) is 12.0. The summed E-state index contributed by atoms with van der Waals surface area (Å²) in [6.07, 6.45) is 0.357. The lowest BCUT2D eigenvalue weighted by atomic mass is 10.1. The quantitative estimate of drug-likeness (QED) is 0.794. The number of benzene rings is 2. The molecule has 4 nitrogen and oxygen atoms in total. The Balaban J connectivity index is 2.14. The van der Waals surface area contributed by atoms with Gasteiger partial charge in [0.2, 0.25) is 5.91 Å². The number of nitrogen functional groups attached to an aromatic ring is 2. The van der Waals surface area contributed by atoms with Crippen LogP contribution in [0.3, 0.4) is 0 Å². The molecule has 0 unspecified atom stereocenters. The molecule has 1 aliphatic heterocycles. The highest BCUT2D eigenvalue weighted by Crippen LogP contribution is 2.39. The number of nitrogens with zero attached hydrogens (tertiary/aromatic N) is 1. The number of hydrogen-bond donors (Lipinski definition) is 2. The first-order valence-corrected chi connectivity index (χ1v) is 6.62. The van der Waals surface area contributed by atoms with Crippen LogP contribution in [0.4, 0.5) is 22.7 Å². The second-order valence-corrected chi connectivity index (χ2v) is 5.41. The van der Waals surface area contributed by atoms with Gasteiger partial charge in [-0.25, -0.2) is 0 Å². The predicted octanol–water partition coefficient (Wildman–Crippen LogP) is 2.83. The monoisotopic (exact) mass is 317 g/mol. The molecule has 0 bridgehead atoms. The fraction of sp³-hybridized carbons (Fsp3) is 0.0714. The maximum absolute atomic E-state index is 12.2. The van der Waals surface area contributed by atoms with Crippen LogP contribution in [0.15, 0.2) is 40.9 Å². The third-order valence-corrected chi connectivity index (χ3v) is 3.66. The summed E-state index contributed by atoms with van der Waals surface area (Å²) in [7, 11) is 0. The van der Waals surface area contributed by atoms with E-state index in [4.69, 9.17) is 11.5 Å². The summed E-state index contributed by atoms with van der Waals surface area (Å²) in [4.78, 5) is 13.8. The molecular weight excluding hydrogens is 306 g/mol. The minimum absolute atomic E-state index is 0.00891. The number of anilines is 4. The first-order chi connectivity index (χ1) is 9.06. The fourth-order valence-corrected chi connectivity index (χ4v) is 2.71. The molecule has 0 fully saturated rings. The summed E-state index contributed by atoms with van der Waals surface area (Å²) in [5.41, 5.74) is 15.5. The zero-order valence-corrected chi connectivity index (χ0v) is 11.6. The lowest BCUT2D eigenvalue weighted by Gasteiger charge is -2.19. The van der Waals surface area contributed by atoms with Crippen LogP contribution in [0.5, 0.6) is 0 Å². The van der Waals surface area contributed by atoms with Gasteiger partial charge in [0.1, 0.15) is 0 Å². The largest absolute Gasteiger partial charge is 0.399 e. The normalized spacial score (nSPS) is 13.7. The van der Waals surface area contributed by atoms with Gasteiger partial charge in [-0.05, 0) is 42.0 Å². The van der Waals surface area contributed by atoms with Crippen molar-refractivity contribution in [1.82, 2.24) is 0 Å². The van der Waals surface area contributed by atoms with Crippen molar-refractivity contribution in [3.05, 3.63) is 46.4 Å². The number of hydrogen-bond acceptors (Lipinski definition) is 3. The number of carbonyl (C=O) groups is 1. The summed E-state index contributed by atoms with van der Waals surface area (Å²) in [5, 5.41) is 0. The Morgan fingerprint density at radius 2 is 1.79 bits per heavy atom. The van der Waals surface area contributed by atoms with Crippen LogP contribution in [0.25, 0.3) is 0 Å². The Labute approximate surface area is 119 Å². The molecule has 0 saturated heterocycles. The molecule has 4 N–H and O–H groups in total. The number of rotatable bonds is 1. The molecule has 5 heteroatoms. The molecule has 2 aromatic carbocycles. The van der Waals surface area contributed by atoms with Gasteiger partial charge < -0.3 is 11.5 Å². The van der Waals surface area contributed by atoms with Gasteiger partial charge >= 0.3 is 0 Å². The molecule has 1 aliphatic rings. The average Bonchev–Trinajstić information content (AvgIpc) is 2.65. The van der Waals surface area contributed by atoms with Crippen molar-refractivity contribution in [2.75, 3.05) is 16.4 Å². The van der Waals surface area contributed by atoms with Gasteiger partial charge in [0, 0.05) is 10.2 Å². The minimum atomic E-state index is 0.00891. The minimum Gasteiger partial charge on any atom is -0.399 e. The molecule has 1 amide bonds. The topological polar surface area (TPSA) is 72.4 Å². The Bertz CT molecular complexity index is 684. The molecule has 0 aliphatic carbocycles. The summed E-state index contributed by atoms with van der Waals surface area (Å²) < 4.78 is 0.887. The third-order valence-electron chi connectivity index (χ3n) is 3.17. The van der Waals surface area contributed by atoms with Gasteiger partial charge in [-0.1, -0.05) is 15.9 Å². The zero-order valence-electron chi connectivity index (χ0n) is 10.1. The molecule has 2 aromatic rings. The maximum Gasteiger partial charge on any atom is 0.236 e. The smallest absolute Gasteiger partial charge is 0.236 e. The van der Waals surface area contributed by atoms with E-state index < -0.39 is 0 Å². The summed E-state index contributed by atoms with van der Waals surface area (Å²) in [5.74, 6) is 0.00891. The number of nitrogens with two attached hydrogens (primary N) is 2. The highest BCUT2D eigenvalue weighted by molar-refractivity contribution is 9.10. The van der Waals surface area contributed by atoms with E-state index in [0.29, 0.717) is 23.5 Å². The zero-order chi connectivity index (χ0) is 13.6. The van der Waals surface area contributed by atoms with Gasteiger partial charge in [0.05, 0.1) is 23.5 Å². The van der Waals surface area contributed by atoms with E-state index in [9.17, 15) is 4.79 Å². The van der Waals surface area contributed by atoms with E-state index in [1.54, 1.807) is 17.0 Å². The molecule has 0 saturated carbocycles. The Kier molecular flexibility index (Phi) is 2.71. The molecule has 0 aromatic heterocycles. The Morgan fingerprint density at radius 1 is 1.05 bits per heavy atom. The molecule has 96 valence electrons. The lowest BCUT2D eigenvalue weighted by Crippen LogP contribution is -2.21. The van der Waals surface area contributed by atoms with Crippen molar-refractivity contribution in [2.24, 2.45) is 0 Å². The summed E-state index contributed by atoms with van der Waals surface area (Å²) in [6.45, 7) is 0. The van der Waals surface area contributed by atoms with Crippen LogP contribution in [-0.4, -0.2) is 5.91 Å². The standard InChI is InChI=1S/C14H12BrN3O/c15-9-1-3-13(11(17)7-9)18-12-4-2-10(16)5-8(12)6-14(18)19/h1-5,7H,6,16-17H2. The van der Waals surface area contributed by atoms with Gasteiger partial charge in [0.25, 0.3) is 0 Å². The van der Waals surface area contributed by atoms with Crippen molar-refractivity contribution in [3.63, 3.8) is 0 Å². The van der Waals surface area contributed by atoms with Crippen LogP contribution >= 0.6 is 15.9 Å². The van der Waals surface area contributed by atoms with Gasteiger partial charge in [-0.3, -0.25) is 9.69 Å². The molecule has 0 spiro atoms. The van der Waals surface area contributed by atoms with Crippen LogP contribution in [0.2, 0.25) is 0 Å². The maximum atomic E-state index is 12.2. The molecule has 1 heterocycles. The molecule has 19 heavy (non-hydrogen) atoms. The SMILES string of the molecule is Nc1ccc2c(c1)CC(=O)N2c1ccc(Br)cc1N. The second-order valence-electron chi connectivity index (χ2n) is 4.50. The molecular formula is C14H12BrN3O.